The van der Waals surface area contributed by atoms with Crippen molar-refractivity contribution in [2.75, 3.05) is 11.5 Å². The zero-order valence-electron chi connectivity index (χ0n) is 10.8. The molecule has 0 amide bonds. The highest BCUT2D eigenvalue weighted by Gasteiger charge is 2.04. The van der Waals surface area contributed by atoms with Gasteiger partial charge in [0.05, 0.1) is 11.4 Å². The Kier molecular flexibility index (Phi) is 3.05. The molecule has 0 radical (unpaired) electrons. The maximum Gasteiger partial charge on any atom is 0.0722 e. The molecule has 0 spiro atoms. The van der Waals surface area contributed by atoms with Crippen molar-refractivity contribution in [2.24, 2.45) is 0 Å². The van der Waals surface area contributed by atoms with Crippen LogP contribution in [0.15, 0.2) is 60.9 Å². The fraction of sp³-hybridized carbons (Fsp3) is 0. The topological polar surface area (TPSA) is 77.8 Å². The molecule has 98 valence electrons. The van der Waals surface area contributed by atoms with E-state index >= 15 is 0 Å². The highest BCUT2D eigenvalue weighted by molar-refractivity contribution is 5.71. The Bertz CT molecular complexity index is 692. The molecule has 2 aromatic heterocycles. The van der Waals surface area contributed by atoms with Gasteiger partial charge in [-0.3, -0.25) is 9.97 Å². The van der Waals surface area contributed by atoms with E-state index in [2.05, 4.69) is 9.97 Å². The normalized spacial score (nSPS) is 10.4. The van der Waals surface area contributed by atoms with Gasteiger partial charge in [0, 0.05) is 34.9 Å². The lowest BCUT2D eigenvalue weighted by molar-refractivity contribution is 1.31. The second kappa shape index (κ2) is 5.01. The number of aromatic nitrogens is 2. The van der Waals surface area contributed by atoms with Gasteiger partial charge in [-0.05, 0) is 30.3 Å². The van der Waals surface area contributed by atoms with Gasteiger partial charge < -0.3 is 11.5 Å². The van der Waals surface area contributed by atoms with Crippen LogP contribution in [0, 0.1) is 0 Å². The van der Waals surface area contributed by atoms with E-state index in [-0.39, 0.29) is 0 Å². The van der Waals surface area contributed by atoms with Gasteiger partial charge in [-0.15, -0.1) is 0 Å². The van der Waals surface area contributed by atoms with Gasteiger partial charge in [-0.1, -0.05) is 18.2 Å². The maximum atomic E-state index is 5.80. The Morgan fingerprint density at radius 1 is 0.650 bits per heavy atom. The SMILES string of the molecule is Nc1ccnc(-c2cccc(-c3cc(N)ccn3)c2)c1. The molecule has 0 unspecified atom stereocenters. The summed E-state index contributed by atoms with van der Waals surface area (Å²) in [6.45, 7) is 0. The van der Waals surface area contributed by atoms with Gasteiger partial charge in [-0.25, -0.2) is 0 Å². The van der Waals surface area contributed by atoms with Crippen LogP contribution in [0.4, 0.5) is 11.4 Å². The number of nitrogens with zero attached hydrogens (tertiary/aromatic N) is 2. The van der Waals surface area contributed by atoms with Gasteiger partial charge in [0.1, 0.15) is 0 Å². The number of nitrogen functional groups attached to an aromatic ring is 2. The Labute approximate surface area is 117 Å². The Hall–Kier alpha value is -2.88. The lowest BCUT2D eigenvalue weighted by atomic mass is 10.0. The smallest absolute Gasteiger partial charge is 0.0722 e. The lowest BCUT2D eigenvalue weighted by Gasteiger charge is -2.06. The molecular formula is C16H14N4. The summed E-state index contributed by atoms with van der Waals surface area (Å²) in [7, 11) is 0. The van der Waals surface area contributed by atoms with Crippen LogP contribution < -0.4 is 11.5 Å². The second-order valence-electron chi connectivity index (χ2n) is 4.53. The van der Waals surface area contributed by atoms with Gasteiger partial charge in [0.2, 0.25) is 0 Å². The quantitative estimate of drug-likeness (QED) is 0.744. The number of anilines is 2. The number of rotatable bonds is 2. The third-order valence-electron chi connectivity index (χ3n) is 3.02. The van der Waals surface area contributed by atoms with E-state index in [4.69, 9.17) is 11.5 Å². The molecule has 3 aromatic rings. The monoisotopic (exact) mass is 262 g/mol. The average molecular weight is 262 g/mol. The van der Waals surface area contributed by atoms with E-state index in [1.165, 1.54) is 0 Å². The highest BCUT2D eigenvalue weighted by Crippen LogP contribution is 2.25. The summed E-state index contributed by atoms with van der Waals surface area (Å²) in [4.78, 5) is 8.67. The molecule has 4 nitrogen and oxygen atoms in total. The summed E-state index contributed by atoms with van der Waals surface area (Å²) in [5.41, 5.74) is 16.7. The first-order chi connectivity index (χ1) is 9.72. The van der Waals surface area contributed by atoms with Crippen molar-refractivity contribution in [3.8, 4) is 22.5 Å². The van der Waals surface area contributed by atoms with Gasteiger partial charge in [0.25, 0.3) is 0 Å². The molecule has 0 saturated carbocycles. The molecule has 20 heavy (non-hydrogen) atoms. The van der Waals surface area contributed by atoms with Crippen molar-refractivity contribution < 1.29 is 0 Å². The van der Waals surface area contributed by atoms with Crippen LogP contribution in [0.5, 0.6) is 0 Å². The molecule has 4 heteroatoms. The summed E-state index contributed by atoms with van der Waals surface area (Å²) in [5, 5.41) is 0. The molecule has 0 aliphatic heterocycles. The third kappa shape index (κ3) is 2.44. The van der Waals surface area contributed by atoms with Crippen molar-refractivity contribution in [2.45, 2.75) is 0 Å². The highest BCUT2D eigenvalue weighted by atomic mass is 14.7. The number of hydrogen-bond acceptors (Lipinski definition) is 4. The standard InChI is InChI=1S/C16H14N4/c17-13-4-6-19-15(9-13)11-2-1-3-12(8-11)16-10-14(18)5-7-20-16/h1-10H,(H2,17,19)(H2,18,20). The molecule has 0 atom stereocenters. The molecule has 0 bridgehead atoms. The van der Waals surface area contributed by atoms with Crippen molar-refractivity contribution in [3.63, 3.8) is 0 Å². The van der Waals surface area contributed by atoms with Crippen LogP contribution in [0.3, 0.4) is 0 Å². The minimum atomic E-state index is 0.697. The first-order valence-electron chi connectivity index (χ1n) is 6.26. The predicted molar refractivity (Wildman–Crippen MR) is 81.7 cm³/mol. The van der Waals surface area contributed by atoms with Crippen LogP contribution in [0.2, 0.25) is 0 Å². The van der Waals surface area contributed by atoms with E-state index in [0.717, 1.165) is 22.5 Å². The molecule has 1 aromatic carbocycles. The first-order valence-corrected chi connectivity index (χ1v) is 6.26. The average Bonchev–Trinajstić information content (AvgIpc) is 2.47. The van der Waals surface area contributed by atoms with E-state index in [9.17, 15) is 0 Å². The number of nitrogens with two attached hydrogens (primary N) is 2. The molecule has 3 rings (SSSR count). The molecule has 4 N–H and O–H groups in total. The number of pyridine rings is 2. The van der Waals surface area contributed by atoms with Crippen LogP contribution in [0.1, 0.15) is 0 Å². The Morgan fingerprint density at radius 2 is 1.15 bits per heavy atom. The van der Waals surface area contributed by atoms with Crippen molar-refractivity contribution in [1.29, 1.82) is 0 Å². The van der Waals surface area contributed by atoms with Crippen molar-refractivity contribution >= 4 is 11.4 Å². The lowest BCUT2D eigenvalue weighted by Crippen LogP contribution is -1.91. The molecule has 0 aliphatic rings. The minimum Gasteiger partial charge on any atom is -0.399 e. The molecule has 0 fully saturated rings. The Morgan fingerprint density at radius 3 is 1.60 bits per heavy atom. The van der Waals surface area contributed by atoms with Crippen molar-refractivity contribution in [3.05, 3.63) is 60.9 Å². The zero-order chi connectivity index (χ0) is 13.9. The zero-order valence-corrected chi connectivity index (χ0v) is 10.8. The van der Waals surface area contributed by atoms with E-state index < -0.39 is 0 Å². The fourth-order valence-corrected chi connectivity index (χ4v) is 2.05. The predicted octanol–water partition coefficient (Wildman–Crippen LogP) is 2.98. The fourth-order valence-electron chi connectivity index (χ4n) is 2.05. The van der Waals surface area contributed by atoms with Gasteiger partial charge in [0.15, 0.2) is 0 Å². The summed E-state index contributed by atoms with van der Waals surface area (Å²) in [6.07, 6.45) is 3.41. The minimum absolute atomic E-state index is 0.697. The Balaban J connectivity index is 2.06. The van der Waals surface area contributed by atoms with E-state index in [1.54, 1.807) is 24.5 Å². The van der Waals surface area contributed by atoms with E-state index in [1.807, 2.05) is 36.4 Å². The summed E-state index contributed by atoms with van der Waals surface area (Å²) < 4.78 is 0. The first kappa shape index (κ1) is 12.2. The third-order valence-corrected chi connectivity index (χ3v) is 3.02. The van der Waals surface area contributed by atoms with Gasteiger partial charge in [-0.2, -0.15) is 0 Å². The van der Waals surface area contributed by atoms with Crippen LogP contribution in [-0.2, 0) is 0 Å². The molecule has 2 heterocycles. The summed E-state index contributed by atoms with van der Waals surface area (Å²) >= 11 is 0. The van der Waals surface area contributed by atoms with Crippen molar-refractivity contribution in [1.82, 2.24) is 9.97 Å². The molecular weight excluding hydrogens is 248 g/mol. The van der Waals surface area contributed by atoms with Crippen LogP contribution in [-0.4, -0.2) is 9.97 Å². The van der Waals surface area contributed by atoms with Crippen LogP contribution >= 0.6 is 0 Å². The maximum absolute atomic E-state index is 5.80. The largest absolute Gasteiger partial charge is 0.399 e. The number of benzene rings is 1. The molecule has 0 aliphatic carbocycles. The number of hydrogen-bond donors (Lipinski definition) is 2. The summed E-state index contributed by atoms with van der Waals surface area (Å²) in [6, 6.07) is 15.2. The second-order valence-corrected chi connectivity index (χ2v) is 4.53. The van der Waals surface area contributed by atoms with Crippen LogP contribution in [0.25, 0.3) is 22.5 Å². The van der Waals surface area contributed by atoms with Gasteiger partial charge >= 0.3 is 0 Å². The molecule has 0 saturated heterocycles. The summed E-state index contributed by atoms with van der Waals surface area (Å²) in [5.74, 6) is 0. The van der Waals surface area contributed by atoms with E-state index in [0.29, 0.717) is 11.4 Å².